The van der Waals surface area contributed by atoms with Crippen LogP contribution < -0.4 is 14.4 Å². The number of aryl methyl sites for hydroxylation is 3. The molecule has 8 rings (SSSR count). The molecule has 6 heterocycles. The maximum atomic E-state index is 6.47. The number of anilines is 1. The summed E-state index contributed by atoms with van der Waals surface area (Å²) in [5, 5.41) is 2.18. The van der Waals surface area contributed by atoms with E-state index >= 15 is 0 Å². The molecule has 0 saturated carbocycles. The molecule has 0 aliphatic carbocycles. The van der Waals surface area contributed by atoms with Crippen molar-refractivity contribution >= 4 is 27.6 Å². The molecule has 2 aliphatic heterocycles. The zero-order valence-electron chi connectivity index (χ0n) is 36.1. The number of ether oxygens (including phenoxy) is 3. The van der Waals surface area contributed by atoms with Crippen LogP contribution in [0, 0.1) is 19.8 Å². The first-order chi connectivity index (χ1) is 29.3. The number of rotatable bonds is 16. The fourth-order valence-corrected chi connectivity index (χ4v) is 9.43. The minimum Gasteiger partial charge on any atom is -0.497 e. The Morgan fingerprint density at radius 3 is 2.03 bits per heavy atom. The molecule has 6 aromatic rings. The van der Waals surface area contributed by atoms with Crippen LogP contribution in [-0.4, -0.2) is 89.3 Å². The Labute approximate surface area is 355 Å². The third kappa shape index (κ3) is 9.41. The molecule has 2 fully saturated rings. The SMILES string of the molecule is COc1cc(COC2CCN(CCN(c3ccc4c(C)nccc4n3)C(C)(c3ccc4c(C)nccc4n3)N3CCC(CCCc4ccccc4)CC3)CC2)cc(OC)c1. The van der Waals surface area contributed by atoms with E-state index < -0.39 is 5.66 Å². The number of likely N-dealkylation sites (tertiary alicyclic amines) is 2. The van der Waals surface area contributed by atoms with Crippen LogP contribution in [0.15, 0.2) is 97.3 Å². The van der Waals surface area contributed by atoms with Crippen molar-refractivity contribution in [2.75, 3.05) is 58.4 Å². The van der Waals surface area contributed by atoms with E-state index in [1.165, 1.54) is 31.2 Å². The first-order valence-corrected chi connectivity index (χ1v) is 21.9. The van der Waals surface area contributed by atoms with Crippen molar-refractivity contribution in [2.24, 2.45) is 5.92 Å². The van der Waals surface area contributed by atoms with Gasteiger partial charge in [-0.1, -0.05) is 36.8 Å². The van der Waals surface area contributed by atoms with Crippen LogP contribution in [0.2, 0.25) is 0 Å². The second kappa shape index (κ2) is 19.0. The van der Waals surface area contributed by atoms with Gasteiger partial charge in [0.05, 0.1) is 43.7 Å². The average molecular weight is 808 g/mol. The molecule has 0 N–H and O–H groups in total. The lowest BCUT2D eigenvalue weighted by molar-refractivity contribution is -0.00324. The fourth-order valence-electron chi connectivity index (χ4n) is 9.43. The van der Waals surface area contributed by atoms with Gasteiger partial charge in [-0.15, -0.1) is 0 Å². The zero-order chi connectivity index (χ0) is 41.5. The fraction of sp³-hybridized carbons (Fsp3) is 0.440. The van der Waals surface area contributed by atoms with E-state index in [2.05, 4.69) is 106 Å². The third-order valence-electron chi connectivity index (χ3n) is 13.1. The van der Waals surface area contributed by atoms with Gasteiger partial charge in [-0.05, 0) is 125 Å². The number of hydrogen-bond acceptors (Lipinski definition) is 10. The minimum atomic E-state index is -0.567. The molecule has 10 nitrogen and oxygen atoms in total. The summed E-state index contributed by atoms with van der Waals surface area (Å²) >= 11 is 0. The van der Waals surface area contributed by atoms with Crippen molar-refractivity contribution < 1.29 is 14.2 Å². The van der Waals surface area contributed by atoms with Crippen LogP contribution in [-0.2, 0) is 23.4 Å². The Bertz CT molecular complexity index is 2320. The molecule has 0 amide bonds. The summed E-state index contributed by atoms with van der Waals surface area (Å²) in [6.07, 6.45) is 11.9. The molecule has 10 heteroatoms. The van der Waals surface area contributed by atoms with Gasteiger partial charge in [-0.25, -0.2) is 9.97 Å². The number of fused-ring (bicyclic) bond motifs is 2. The summed E-state index contributed by atoms with van der Waals surface area (Å²) in [4.78, 5) is 27.9. The predicted octanol–water partition coefficient (Wildman–Crippen LogP) is 9.30. The van der Waals surface area contributed by atoms with Gasteiger partial charge in [-0.3, -0.25) is 14.9 Å². The van der Waals surface area contributed by atoms with Crippen molar-refractivity contribution in [1.29, 1.82) is 0 Å². The van der Waals surface area contributed by atoms with Gasteiger partial charge in [0, 0.05) is 79.9 Å². The molecule has 2 aromatic carbocycles. The molecular formula is C50H61N7O3. The summed E-state index contributed by atoms with van der Waals surface area (Å²) in [5.74, 6) is 3.23. The first-order valence-electron chi connectivity index (χ1n) is 21.9. The molecule has 0 spiro atoms. The van der Waals surface area contributed by atoms with Crippen LogP contribution in [0.25, 0.3) is 21.8 Å². The third-order valence-corrected chi connectivity index (χ3v) is 13.1. The summed E-state index contributed by atoms with van der Waals surface area (Å²) in [6, 6.07) is 29.8. The highest BCUT2D eigenvalue weighted by molar-refractivity contribution is 5.83. The molecule has 1 unspecified atom stereocenters. The van der Waals surface area contributed by atoms with Gasteiger partial charge in [0.1, 0.15) is 23.0 Å². The second-order valence-electron chi connectivity index (χ2n) is 16.8. The standard InChI is InChI=1S/C50H61N7O3/c1-36-44-14-16-48(53-46(44)18-24-51-36)50(3,56-28-20-39(21-29-56)13-9-12-38-10-7-6-8-11-38)57(49-17-15-45-37(2)52-25-19-47(45)54-49)31-30-55-26-22-41(23-27-55)60-35-40-32-42(58-4)34-43(33-40)59-5/h6-8,10-11,14-19,24-25,32-34,39,41H,9,12-13,20-23,26-31,35H2,1-5H3. The van der Waals surface area contributed by atoms with Gasteiger partial charge in [0.2, 0.25) is 0 Å². The number of pyridine rings is 4. The maximum Gasteiger partial charge on any atom is 0.135 e. The molecule has 0 bridgehead atoms. The highest BCUT2D eigenvalue weighted by Crippen LogP contribution is 2.40. The Morgan fingerprint density at radius 1 is 0.717 bits per heavy atom. The van der Waals surface area contributed by atoms with E-state index in [1.807, 2.05) is 36.7 Å². The normalized spacial score (nSPS) is 16.9. The van der Waals surface area contributed by atoms with Crippen molar-refractivity contribution in [3.05, 3.63) is 126 Å². The molecule has 314 valence electrons. The molecular weight excluding hydrogens is 747 g/mol. The van der Waals surface area contributed by atoms with E-state index in [1.54, 1.807) is 14.2 Å². The van der Waals surface area contributed by atoms with Crippen molar-refractivity contribution in [2.45, 2.75) is 84.1 Å². The van der Waals surface area contributed by atoms with Gasteiger partial charge < -0.3 is 24.0 Å². The number of piperidine rings is 2. The zero-order valence-corrected chi connectivity index (χ0v) is 36.1. The van der Waals surface area contributed by atoms with Gasteiger partial charge >= 0.3 is 0 Å². The molecule has 1 atom stereocenters. The van der Waals surface area contributed by atoms with Gasteiger partial charge in [0.25, 0.3) is 0 Å². The van der Waals surface area contributed by atoms with Gasteiger partial charge in [-0.2, -0.15) is 0 Å². The van der Waals surface area contributed by atoms with E-state index in [9.17, 15) is 0 Å². The van der Waals surface area contributed by atoms with Crippen molar-refractivity contribution in [1.82, 2.24) is 29.7 Å². The Balaban J connectivity index is 1.04. The van der Waals surface area contributed by atoms with Crippen molar-refractivity contribution in [3.8, 4) is 11.5 Å². The Morgan fingerprint density at radius 2 is 1.37 bits per heavy atom. The molecule has 2 aliphatic rings. The summed E-state index contributed by atoms with van der Waals surface area (Å²) in [6.45, 7) is 12.7. The molecule has 2 saturated heterocycles. The van der Waals surface area contributed by atoms with Crippen LogP contribution >= 0.6 is 0 Å². The summed E-state index contributed by atoms with van der Waals surface area (Å²) < 4.78 is 17.5. The van der Waals surface area contributed by atoms with Crippen LogP contribution in [0.4, 0.5) is 5.82 Å². The number of hydrogen-bond donors (Lipinski definition) is 0. The van der Waals surface area contributed by atoms with Crippen molar-refractivity contribution in [3.63, 3.8) is 0 Å². The lowest BCUT2D eigenvalue weighted by Crippen LogP contribution is -2.60. The minimum absolute atomic E-state index is 0.201. The van der Waals surface area contributed by atoms with E-state index in [0.29, 0.717) is 12.5 Å². The summed E-state index contributed by atoms with van der Waals surface area (Å²) in [5.41, 5.74) is 6.89. The second-order valence-corrected chi connectivity index (χ2v) is 16.8. The quantitative estimate of drug-likeness (QED) is 0.0943. The number of aromatic nitrogens is 4. The van der Waals surface area contributed by atoms with Crippen LogP contribution in [0.5, 0.6) is 11.5 Å². The van der Waals surface area contributed by atoms with Gasteiger partial charge in [0.15, 0.2) is 0 Å². The van der Waals surface area contributed by atoms with Crippen LogP contribution in [0.3, 0.4) is 0 Å². The Hall–Kier alpha value is -5.16. The van der Waals surface area contributed by atoms with E-state index in [4.69, 9.17) is 24.2 Å². The average Bonchev–Trinajstić information content (AvgIpc) is 3.29. The topological polar surface area (TPSA) is 89.0 Å². The lowest BCUT2D eigenvalue weighted by Gasteiger charge is -2.51. The molecule has 0 radical (unpaired) electrons. The monoisotopic (exact) mass is 807 g/mol. The highest BCUT2D eigenvalue weighted by atomic mass is 16.5. The smallest absolute Gasteiger partial charge is 0.135 e. The summed E-state index contributed by atoms with van der Waals surface area (Å²) in [7, 11) is 3.36. The largest absolute Gasteiger partial charge is 0.497 e. The first kappa shape index (κ1) is 41.6. The maximum absolute atomic E-state index is 6.47. The Kier molecular flexibility index (Phi) is 13.2. The molecule has 60 heavy (non-hydrogen) atoms. The number of benzene rings is 2. The van der Waals surface area contributed by atoms with Crippen LogP contribution in [0.1, 0.15) is 73.7 Å². The number of methoxy groups -OCH3 is 2. The predicted molar refractivity (Wildman–Crippen MR) is 241 cm³/mol. The molecule has 4 aromatic heterocycles. The number of nitrogens with zero attached hydrogens (tertiary/aromatic N) is 7. The lowest BCUT2D eigenvalue weighted by atomic mass is 9.88. The highest BCUT2D eigenvalue weighted by Gasteiger charge is 2.43. The van der Waals surface area contributed by atoms with E-state index in [0.717, 1.165) is 120 Å². The van der Waals surface area contributed by atoms with E-state index in [-0.39, 0.29) is 6.10 Å².